The minimum Gasteiger partial charge on any atom is -0.354 e. The molecule has 0 heterocycles. The van der Waals surface area contributed by atoms with Crippen molar-refractivity contribution in [2.24, 2.45) is 5.41 Å². The van der Waals surface area contributed by atoms with Crippen molar-refractivity contribution in [1.29, 1.82) is 0 Å². The van der Waals surface area contributed by atoms with E-state index in [0.717, 1.165) is 13.0 Å². The summed E-state index contributed by atoms with van der Waals surface area (Å²) in [5.41, 5.74) is -0.337. The number of rotatable bonds is 4. The second-order valence-corrected chi connectivity index (χ2v) is 7.57. The molecule has 0 rings (SSSR count). The van der Waals surface area contributed by atoms with Crippen molar-refractivity contribution in [2.45, 2.75) is 72.9 Å². The summed E-state index contributed by atoms with van der Waals surface area (Å²) in [4.78, 5) is 12.1. The van der Waals surface area contributed by atoms with Gasteiger partial charge in [-0.1, -0.05) is 20.8 Å². The van der Waals surface area contributed by atoms with Crippen molar-refractivity contribution >= 4 is 5.91 Å². The Kier molecular flexibility index (Phi) is 5.20. The Morgan fingerprint density at radius 1 is 0.941 bits per heavy atom. The molecule has 0 aromatic heterocycles. The highest BCUT2D eigenvalue weighted by Crippen LogP contribution is 2.17. The maximum Gasteiger partial charge on any atom is 0.239 e. The van der Waals surface area contributed by atoms with Crippen LogP contribution in [0.5, 0.6) is 0 Å². The molecule has 0 saturated carbocycles. The zero-order chi connectivity index (χ0) is 13.9. The molecule has 0 atom stereocenters. The third-order valence-corrected chi connectivity index (χ3v) is 2.42. The Morgan fingerprint density at radius 3 is 1.76 bits per heavy atom. The average molecular weight is 242 g/mol. The molecule has 0 fully saturated rings. The van der Waals surface area contributed by atoms with Gasteiger partial charge in [0.2, 0.25) is 5.91 Å². The van der Waals surface area contributed by atoms with Crippen molar-refractivity contribution in [3.63, 3.8) is 0 Å². The van der Waals surface area contributed by atoms with E-state index in [2.05, 4.69) is 52.2 Å². The smallest absolute Gasteiger partial charge is 0.239 e. The molecule has 0 saturated heterocycles. The molecule has 0 radical (unpaired) electrons. The Bertz CT molecular complexity index is 256. The molecule has 0 aliphatic heterocycles. The minimum absolute atomic E-state index is 0.0646. The zero-order valence-corrected chi connectivity index (χ0v) is 12.8. The van der Waals surface area contributed by atoms with Gasteiger partial charge in [-0.2, -0.15) is 0 Å². The quantitative estimate of drug-likeness (QED) is 0.796. The summed E-state index contributed by atoms with van der Waals surface area (Å²) in [5.74, 6) is 0.0664. The lowest BCUT2D eigenvalue weighted by atomic mass is 9.92. The summed E-state index contributed by atoms with van der Waals surface area (Å²) in [5, 5.41) is 6.33. The Morgan fingerprint density at radius 2 is 1.41 bits per heavy atom. The Hall–Kier alpha value is -0.570. The van der Waals surface area contributed by atoms with Gasteiger partial charge in [0.15, 0.2) is 0 Å². The molecule has 0 aromatic rings. The van der Waals surface area contributed by atoms with Gasteiger partial charge >= 0.3 is 0 Å². The van der Waals surface area contributed by atoms with Crippen molar-refractivity contribution in [2.75, 3.05) is 6.54 Å². The fraction of sp³-hybridized carbons (Fsp3) is 0.929. The molecule has 0 unspecified atom stereocenters. The van der Waals surface area contributed by atoms with Gasteiger partial charge in [-0.25, -0.2) is 0 Å². The van der Waals surface area contributed by atoms with Crippen LogP contribution in [0.2, 0.25) is 0 Å². The van der Waals surface area contributed by atoms with Gasteiger partial charge in [0.1, 0.15) is 0 Å². The number of nitrogens with one attached hydrogen (secondary N) is 2. The van der Waals surface area contributed by atoms with Crippen LogP contribution in [-0.4, -0.2) is 23.5 Å². The van der Waals surface area contributed by atoms with Crippen molar-refractivity contribution in [3.8, 4) is 0 Å². The zero-order valence-electron chi connectivity index (χ0n) is 12.8. The highest BCUT2D eigenvalue weighted by atomic mass is 16.2. The molecule has 17 heavy (non-hydrogen) atoms. The second-order valence-electron chi connectivity index (χ2n) is 7.57. The van der Waals surface area contributed by atoms with E-state index in [9.17, 15) is 4.79 Å². The van der Waals surface area contributed by atoms with Gasteiger partial charge in [-0.15, -0.1) is 0 Å². The number of hydrogen-bond acceptors (Lipinski definition) is 2. The fourth-order valence-electron chi connectivity index (χ4n) is 1.77. The van der Waals surface area contributed by atoms with Crippen LogP contribution in [0.3, 0.4) is 0 Å². The van der Waals surface area contributed by atoms with Crippen LogP contribution in [0.4, 0.5) is 0 Å². The van der Waals surface area contributed by atoms with E-state index < -0.39 is 5.54 Å². The van der Waals surface area contributed by atoms with Crippen LogP contribution in [0.1, 0.15) is 61.8 Å². The molecule has 0 aliphatic carbocycles. The molecule has 3 heteroatoms. The third kappa shape index (κ3) is 8.19. The van der Waals surface area contributed by atoms with E-state index in [4.69, 9.17) is 0 Å². The van der Waals surface area contributed by atoms with Gasteiger partial charge < -0.3 is 5.32 Å². The number of hydrogen-bond donors (Lipinski definition) is 2. The van der Waals surface area contributed by atoms with Crippen LogP contribution in [0.25, 0.3) is 0 Å². The number of carbonyl (C=O) groups is 1. The van der Waals surface area contributed by atoms with Crippen molar-refractivity contribution in [1.82, 2.24) is 10.6 Å². The molecule has 102 valence electrons. The van der Waals surface area contributed by atoms with Crippen molar-refractivity contribution < 1.29 is 4.79 Å². The van der Waals surface area contributed by atoms with Crippen LogP contribution in [0.15, 0.2) is 0 Å². The summed E-state index contributed by atoms with van der Waals surface area (Å²) < 4.78 is 0. The second kappa shape index (κ2) is 5.38. The Labute approximate surface area is 107 Å². The first kappa shape index (κ1) is 16.4. The van der Waals surface area contributed by atoms with E-state index in [-0.39, 0.29) is 16.9 Å². The summed E-state index contributed by atoms with van der Waals surface area (Å²) in [6.45, 7) is 17.3. The summed E-state index contributed by atoms with van der Waals surface area (Å²) in [7, 11) is 0. The molecule has 0 spiro atoms. The summed E-state index contributed by atoms with van der Waals surface area (Å²) in [6.07, 6.45) is 0.990. The molecular weight excluding hydrogens is 212 g/mol. The van der Waals surface area contributed by atoms with E-state index in [0.29, 0.717) is 0 Å². The van der Waals surface area contributed by atoms with Gasteiger partial charge in [0, 0.05) is 12.1 Å². The molecule has 1 amide bonds. The summed E-state index contributed by atoms with van der Waals surface area (Å²) in [6, 6.07) is 0. The average Bonchev–Trinajstić information content (AvgIpc) is 1.96. The monoisotopic (exact) mass is 242 g/mol. The van der Waals surface area contributed by atoms with E-state index >= 15 is 0 Å². The predicted molar refractivity (Wildman–Crippen MR) is 74.0 cm³/mol. The first-order chi connectivity index (χ1) is 7.33. The molecule has 0 bridgehead atoms. The molecule has 0 aliphatic rings. The van der Waals surface area contributed by atoms with E-state index in [1.807, 2.05) is 13.8 Å². The standard InChI is InChI=1S/C14H30N2O/c1-12(2,3)9-10-15-11(17)14(7,8)16-13(4,5)6/h16H,9-10H2,1-8H3,(H,15,17). The lowest BCUT2D eigenvalue weighted by molar-refractivity contribution is -0.127. The third-order valence-electron chi connectivity index (χ3n) is 2.42. The lowest BCUT2D eigenvalue weighted by Gasteiger charge is -2.34. The molecular formula is C14H30N2O. The van der Waals surface area contributed by atoms with Gasteiger partial charge in [0.05, 0.1) is 5.54 Å². The van der Waals surface area contributed by atoms with Gasteiger partial charge in [-0.3, -0.25) is 10.1 Å². The van der Waals surface area contributed by atoms with E-state index in [1.54, 1.807) is 0 Å². The molecule has 0 aromatic carbocycles. The number of carbonyl (C=O) groups excluding carboxylic acids is 1. The normalized spacial score (nSPS) is 13.6. The highest BCUT2D eigenvalue weighted by molar-refractivity contribution is 5.85. The first-order valence-corrected chi connectivity index (χ1v) is 6.41. The molecule has 3 nitrogen and oxygen atoms in total. The SMILES string of the molecule is CC(C)(C)CCNC(=O)C(C)(C)NC(C)(C)C. The topological polar surface area (TPSA) is 41.1 Å². The minimum atomic E-state index is -0.532. The van der Waals surface area contributed by atoms with Gasteiger partial charge in [-0.05, 0) is 46.5 Å². The maximum absolute atomic E-state index is 12.1. The maximum atomic E-state index is 12.1. The highest BCUT2D eigenvalue weighted by Gasteiger charge is 2.31. The first-order valence-electron chi connectivity index (χ1n) is 6.41. The van der Waals surface area contributed by atoms with Crippen LogP contribution in [0, 0.1) is 5.41 Å². The lowest BCUT2D eigenvalue weighted by Crippen LogP contribution is -2.58. The predicted octanol–water partition coefficient (Wildman–Crippen LogP) is 2.71. The van der Waals surface area contributed by atoms with Crippen LogP contribution in [-0.2, 0) is 4.79 Å². The number of amides is 1. The largest absolute Gasteiger partial charge is 0.354 e. The van der Waals surface area contributed by atoms with Gasteiger partial charge in [0.25, 0.3) is 0 Å². The van der Waals surface area contributed by atoms with E-state index in [1.165, 1.54) is 0 Å². The van der Waals surface area contributed by atoms with Crippen molar-refractivity contribution in [3.05, 3.63) is 0 Å². The fourth-order valence-corrected chi connectivity index (χ4v) is 1.77. The summed E-state index contributed by atoms with van der Waals surface area (Å²) >= 11 is 0. The Balaban J connectivity index is 4.22. The van der Waals surface area contributed by atoms with Crippen LogP contribution >= 0.6 is 0 Å². The molecule has 2 N–H and O–H groups in total. The van der Waals surface area contributed by atoms with Crippen LogP contribution < -0.4 is 10.6 Å².